The second-order valence-corrected chi connectivity index (χ2v) is 8.71. The van der Waals surface area contributed by atoms with Crippen LogP contribution < -0.4 is 5.56 Å². The van der Waals surface area contributed by atoms with Crippen molar-refractivity contribution in [2.45, 2.75) is 6.92 Å². The zero-order valence-corrected chi connectivity index (χ0v) is 19.1. The molecule has 0 atom stereocenters. The van der Waals surface area contributed by atoms with Gasteiger partial charge in [-0.05, 0) is 76.4 Å². The first-order chi connectivity index (χ1) is 15.1. The molecule has 3 nitrogen and oxygen atoms in total. The lowest BCUT2D eigenvalue weighted by atomic mass is 10.1. The molecule has 0 saturated carbocycles. The molecule has 150 valence electrons. The first-order valence-electron chi connectivity index (χ1n) is 10.1. The van der Waals surface area contributed by atoms with E-state index in [2.05, 4.69) is 53.8 Å². The van der Waals surface area contributed by atoms with E-state index in [0.29, 0.717) is 16.7 Å². The Labute approximate surface area is 193 Å². The molecule has 0 amide bonds. The molecule has 0 N–H and O–H groups in total. The highest BCUT2D eigenvalue weighted by Crippen LogP contribution is 2.24. The summed E-state index contributed by atoms with van der Waals surface area (Å²) in [5, 5.41) is 2.72. The van der Waals surface area contributed by atoms with Crippen molar-refractivity contribution < 1.29 is 0 Å². The summed E-state index contributed by atoms with van der Waals surface area (Å²) in [6.45, 7) is 2.08. The molecular weight excluding hydrogens is 495 g/mol. The Morgan fingerprint density at radius 2 is 1.61 bits per heavy atom. The van der Waals surface area contributed by atoms with Crippen LogP contribution in [0.3, 0.4) is 0 Å². The average molecular weight is 514 g/mol. The Bertz CT molecular complexity index is 1530. The summed E-state index contributed by atoms with van der Waals surface area (Å²) in [6.07, 6.45) is 3.96. The molecule has 0 aliphatic carbocycles. The molecule has 0 radical (unpaired) electrons. The number of halogens is 1. The number of hydrogen-bond donors (Lipinski definition) is 0. The summed E-state index contributed by atoms with van der Waals surface area (Å²) >= 11 is 2.23. The Morgan fingerprint density at radius 3 is 2.48 bits per heavy atom. The van der Waals surface area contributed by atoms with E-state index in [9.17, 15) is 4.79 Å². The number of fused-ring (bicyclic) bond motifs is 2. The van der Waals surface area contributed by atoms with Gasteiger partial charge in [-0.3, -0.25) is 9.36 Å². The summed E-state index contributed by atoms with van der Waals surface area (Å²) in [4.78, 5) is 18.6. The van der Waals surface area contributed by atoms with Crippen LogP contribution >= 0.6 is 22.6 Å². The Morgan fingerprint density at radius 1 is 0.839 bits per heavy atom. The standard InChI is InChI=1S/C27H19IN2O/c1-18-7-2-3-8-19(18)13-16-26-29-24-15-14-21(28)17-23(24)27(31)30(26)25-12-6-10-20-9-4-5-11-22(20)25/h2-17H,1H3/b16-13+. The van der Waals surface area contributed by atoms with Crippen LogP contribution in [-0.2, 0) is 0 Å². The van der Waals surface area contributed by atoms with Gasteiger partial charge in [0.25, 0.3) is 5.56 Å². The van der Waals surface area contributed by atoms with Crippen LogP contribution in [-0.4, -0.2) is 9.55 Å². The van der Waals surface area contributed by atoms with Crippen molar-refractivity contribution >= 4 is 56.4 Å². The minimum Gasteiger partial charge on any atom is -0.268 e. The van der Waals surface area contributed by atoms with E-state index >= 15 is 0 Å². The molecule has 31 heavy (non-hydrogen) atoms. The molecular formula is C27H19IN2O. The maximum absolute atomic E-state index is 13.7. The van der Waals surface area contributed by atoms with Crippen molar-refractivity contribution in [1.29, 1.82) is 0 Å². The van der Waals surface area contributed by atoms with E-state index in [1.54, 1.807) is 4.57 Å². The maximum atomic E-state index is 13.7. The number of aromatic nitrogens is 2. The summed E-state index contributed by atoms with van der Waals surface area (Å²) < 4.78 is 2.74. The molecule has 0 aliphatic rings. The van der Waals surface area contributed by atoms with E-state index in [-0.39, 0.29) is 5.56 Å². The lowest BCUT2D eigenvalue weighted by molar-refractivity contribution is 0.951. The zero-order chi connectivity index (χ0) is 21.4. The summed E-state index contributed by atoms with van der Waals surface area (Å²) in [5.41, 5.74) is 3.74. The van der Waals surface area contributed by atoms with Gasteiger partial charge in [0.15, 0.2) is 0 Å². The van der Waals surface area contributed by atoms with E-state index in [4.69, 9.17) is 4.98 Å². The van der Waals surface area contributed by atoms with Crippen molar-refractivity contribution in [1.82, 2.24) is 9.55 Å². The second kappa shape index (κ2) is 8.12. The predicted molar refractivity (Wildman–Crippen MR) is 138 cm³/mol. The van der Waals surface area contributed by atoms with E-state index < -0.39 is 0 Å². The monoisotopic (exact) mass is 514 g/mol. The number of benzene rings is 4. The highest BCUT2D eigenvalue weighted by molar-refractivity contribution is 14.1. The number of nitrogens with zero attached hydrogens (tertiary/aromatic N) is 2. The number of aryl methyl sites for hydroxylation is 1. The molecule has 1 aromatic heterocycles. The van der Waals surface area contributed by atoms with Crippen LogP contribution in [0.15, 0.2) is 89.7 Å². The minimum atomic E-state index is -0.0655. The fourth-order valence-corrected chi connectivity index (χ4v) is 4.35. The highest BCUT2D eigenvalue weighted by Gasteiger charge is 2.14. The van der Waals surface area contributed by atoms with E-state index in [1.807, 2.05) is 72.8 Å². The Kier molecular flexibility index (Phi) is 5.16. The average Bonchev–Trinajstić information content (AvgIpc) is 2.79. The normalized spacial score (nSPS) is 11.5. The Balaban J connectivity index is 1.83. The van der Waals surface area contributed by atoms with Crippen molar-refractivity contribution in [3.05, 3.63) is 116 Å². The first kappa shape index (κ1) is 19.7. The third-order valence-corrected chi connectivity index (χ3v) is 6.14. The minimum absolute atomic E-state index is 0.0655. The van der Waals surface area contributed by atoms with Crippen LogP contribution in [0.25, 0.3) is 39.5 Å². The molecule has 0 saturated heterocycles. The third kappa shape index (κ3) is 3.68. The van der Waals surface area contributed by atoms with Gasteiger partial charge in [-0.15, -0.1) is 0 Å². The molecule has 4 aromatic carbocycles. The molecule has 1 heterocycles. The van der Waals surface area contributed by atoms with Gasteiger partial charge >= 0.3 is 0 Å². The van der Waals surface area contributed by atoms with Crippen LogP contribution in [0.4, 0.5) is 0 Å². The molecule has 4 heteroatoms. The van der Waals surface area contributed by atoms with Crippen molar-refractivity contribution in [3.8, 4) is 5.69 Å². The molecule has 5 aromatic rings. The van der Waals surface area contributed by atoms with Crippen LogP contribution in [0.1, 0.15) is 17.0 Å². The zero-order valence-electron chi connectivity index (χ0n) is 16.9. The highest BCUT2D eigenvalue weighted by atomic mass is 127. The number of hydrogen-bond acceptors (Lipinski definition) is 2. The summed E-state index contributed by atoms with van der Waals surface area (Å²) in [6, 6.07) is 28.1. The number of rotatable bonds is 3. The van der Waals surface area contributed by atoms with Gasteiger partial charge in [-0.1, -0.05) is 66.7 Å². The van der Waals surface area contributed by atoms with Crippen molar-refractivity contribution in [3.63, 3.8) is 0 Å². The lowest BCUT2D eigenvalue weighted by Gasteiger charge is -2.14. The maximum Gasteiger partial charge on any atom is 0.266 e. The SMILES string of the molecule is Cc1ccccc1/C=C/c1nc2ccc(I)cc2c(=O)n1-c1cccc2ccccc12. The smallest absolute Gasteiger partial charge is 0.266 e. The summed E-state index contributed by atoms with van der Waals surface area (Å²) in [7, 11) is 0. The van der Waals surface area contributed by atoms with Gasteiger partial charge in [0.05, 0.1) is 16.6 Å². The van der Waals surface area contributed by atoms with Crippen LogP contribution in [0, 0.1) is 10.5 Å². The quantitative estimate of drug-likeness (QED) is 0.254. The van der Waals surface area contributed by atoms with E-state index in [0.717, 1.165) is 25.6 Å². The van der Waals surface area contributed by atoms with Gasteiger partial charge in [0.2, 0.25) is 0 Å². The topological polar surface area (TPSA) is 34.9 Å². The van der Waals surface area contributed by atoms with Gasteiger partial charge in [-0.25, -0.2) is 4.98 Å². The molecule has 0 fully saturated rings. The first-order valence-corrected chi connectivity index (χ1v) is 11.1. The van der Waals surface area contributed by atoms with E-state index in [1.165, 1.54) is 5.56 Å². The fraction of sp³-hybridized carbons (Fsp3) is 0.0370. The van der Waals surface area contributed by atoms with Gasteiger partial charge in [0.1, 0.15) is 5.82 Å². The van der Waals surface area contributed by atoms with Gasteiger partial charge < -0.3 is 0 Å². The second-order valence-electron chi connectivity index (χ2n) is 7.46. The predicted octanol–water partition coefficient (Wildman–Crippen LogP) is 6.62. The molecule has 0 spiro atoms. The molecule has 0 unspecified atom stereocenters. The summed E-state index contributed by atoms with van der Waals surface area (Å²) in [5.74, 6) is 0.610. The fourth-order valence-electron chi connectivity index (χ4n) is 3.86. The van der Waals surface area contributed by atoms with Gasteiger partial charge in [-0.2, -0.15) is 0 Å². The molecule has 5 rings (SSSR count). The Hall–Kier alpha value is -3.25. The molecule has 0 aliphatic heterocycles. The molecule has 0 bridgehead atoms. The third-order valence-electron chi connectivity index (χ3n) is 5.46. The van der Waals surface area contributed by atoms with Crippen molar-refractivity contribution in [2.75, 3.05) is 0 Å². The van der Waals surface area contributed by atoms with Crippen molar-refractivity contribution in [2.24, 2.45) is 0 Å². The lowest BCUT2D eigenvalue weighted by Crippen LogP contribution is -2.22. The van der Waals surface area contributed by atoms with Crippen LogP contribution in [0.2, 0.25) is 0 Å². The van der Waals surface area contributed by atoms with Gasteiger partial charge in [0, 0.05) is 8.96 Å². The van der Waals surface area contributed by atoms with Crippen LogP contribution in [0.5, 0.6) is 0 Å². The largest absolute Gasteiger partial charge is 0.268 e.